The first-order valence-corrected chi connectivity index (χ1v) is 5.71. The average Bonchev–Trinajstić information content (AvgIpc) is 2.80. The number of para-hydroxylation sites is 1. The van der Waals surface area contributed by atoms with Gasteiger partial charge in [-0.15, -0.1) is 0 Å². The van der Waals surface area contributed by atoms with Gasteiger partial charge in [0.15, 0.2) is 0 Å². The largest absolute Gasteiger partial charge is 0.494 e. The number of ether oxygens (including phenoxy) is 2. The molecule has 0 aromatic heterocycles. The van der Waals surface area contributed by atoms with E-state index in [-0.39, 0.29) is 12.0 Å². The lowest BCUT2D eigenvalue weighted by Crippen LogP contribution is -2.28. The normalized spacial score (nSPS) is 24.6. The molecular weight excluding hydrogens is 204 g/mol. The Hall–Kier alpha value is -1.06. The summed E-state index contributed by atoms with van der Waals surface area (Å²) < 4.78 is 11.0. The van der Waals surface area contributed by atoms with E-state index in [0.29, 0.717) is 13.2 Å². The Labute approximate surface area is 96.0 Å². The maximum absolute atomic E-state index is 9.38. The Morgan fingerprint density at radius 2 is 2.12 bits per heavy atom. The van der Waals surface area contributed by atoms with Gasteiger partial charge in [0.2, 0.25) is 0 Å². The fourth-order valence-electron chi connectivity index (χ4n) is 1.95. The van der Waals surface area contributed by atoms with Crippen LogP contribution in [-0.2, 0) is 4.74 Å². The molecule has 0 spiro atoms. The van der Waals surface area contributed by atoms with Crippen LogP contribution in [0.5, 0.6) is 5.75 Å². The van der Waals surface area contributed by atoms with Crippen molar-refractivity contribution in [3.63, 3.8) is 0 Å². The topological polar surface area (TPSA) is 38.7 Å². The lowest BCUT2D eigenvalue weighted by Gasteiger charge is -2.24. The number of benzene rings is 1. The van der Waals surface area contributed by atoms with E-state index in [2.05, 4.69) is 0 Å². The molecule has 1 aromatic rings. The molecule has 1 N–H and O–H groups in total. The molecule has 88 valence electrons. The van der Waals surface area contributed by atoms with Crippen LogP contribution in [0.1, 0.15) is 12.8 Å². The van der Waals surface area contributed by atoms with E-state index in [1.807, 2.05) is 30.3 Å². The predicted octanol–water partition coefficient (Wildman–Crippen LogP) is 1.85. The van der Waals surface area contributed by atoms with E-state index in [1.54, 1.807) is 0 Å². The molecule has 0 amide bonds. The minimum Gasteiger partial charge on any atom is -0.494 e. The number of aliphatic hydroxyl groups excluding tert-OH is 1. The summed E-state index contributed by atoms with van der Waals surface area (Å²) in [5, 5.41) is 9.38. The van der Waals surface area contributed by atoms with E-state index in [0.717, 1.165) is 25.2 Å². The number of hydrogen-bond donors (Lipinski definition) is 1. The summed E-state index contributed by atoms with van der Waals surface area (Å²) in [6, 6.07) is 9.76. The third-order valence-electron chi connectivity index (χ3n) is 3.16. The van der Waals surface area contributed by atoms with Crippen LogP contribution in [0.4, 0.5) is 0 Å². The molecule has 1 fully saturated rings. The first kappa shape index (κ1) is 11.4. The van der Waals surface area contributed by atoms with Gasteiger partial charge >= 0.3 is 0 Å². The smallest absolute Gasteiger partial charge is 0.119 e. The summed E-state index contributed by atoms with van der Waals surface area (Å²) in [5.74, 6) is 0.884. The zero-order valence-electron chi connectivity index (χ0n) is 9.39. The van der Waals surface area contributed by atoms with Gasteiger partial charge in [-0.2, -0.15) is 0 Å². The van der Waals surface area contributed by atoms with E-state index >= 15 is 0 Å². The molecule has 1 atom stereocenters. The fourth-order valence-corrected chi connectivity index (χ4v) is 1.95. The maximum Gasteiger partial charge on any atom is 0.119 e. The summed E-state index contributed by atoms with van der Waals surface area (Å²) in [7, 11) is 0. The van der Waals surface area contributed by atoms with Crippen molar-refractivity contribution in [1.29, 1.82) is 0 Å². The zero-order chi connectivity index (χ0) is 11.3. The van der Waals surface area contributed by atoms with Gasteiger partial charge in [0, 0.05) is 12.0 Å². The molecule has 1 heterocycles. The standard InChI is InChI=1S/C13H18O3/c14-10-13(6-8-15-11-13)7-9-16-12-4-2-1-3-5-12/h1-5,14H,6-11H2. The van der Waals surface area contributed by atoms with Gasteiger partial charge in [0.05, 0.1) is 19.8 Å². The van der Waals surface area contributed by atoms with Crippen LogP contribution in [0, 0.1) is 5.41 Å². The van der Waals surface area contributed by atoms with Crippen molar-refractivity contribution in [2.24, 2.45) is 5.41 Å². The summed E-state index contributed by atoms with van der Waals surface area (Å²) in [5.41, 5.74) is -0.0746. The Balaban J connectivity index is 1.79. The van der Waals surface area contributed by atoms with Crippen molar-refractivity contribution in [3.8, 4) is 5.75 Å². The van der Waals surface area contributed by atoms with Crippen LogP contribution < -0.4 is 4.74 Å². The van der Waals surface area contributed by atoms with Crippen LogP contribution in [0.3, 0.4) is 0 Å². The first-order chi connectivity index (χ1) is 7.85. The van der Waals surface area contributed by atoms with Crippen LogP contribution >= 0.6 is 0 Å². The third kappa shape index (κ3) is 2.74. The summed E-state index contributed by atoms with van der Waals surface area (Å²) >= 11 is 0. The lowest BCUT2D eigenvalue weighted by atomic mass is 9.85. The average molecular weight is 222 g/mol. The molecule has 3 nitrogen and oxygen atoms in total. The van der Waals surface area contributed by atoms with Crippen molar-refractivity contribution in [2.45, 2.75) is 12.8 Å². The molecule has 1 aliphatic heterocycles. The lowest BCUT2D eigenvalue weighted by molar-refractivity contribution is 0.0734. The second-order valence-electron chi connectivity index (χ2n) is 4.37. The molecule has 1 unspecified atom stereocenters. The van der Waals surface area contributed by atoms with Gasteiger partial charge in [-0.05, 0) is 25.0 Å². The van der Waals surface area contributed by atoms with Crippen molar-refractivity contribution in [1.82, 2.24) is 0 Å². The highest BCUT2D eigenvalue weighted by Crippen LogP contribution is 2.31. The number of rotatable bonds is 5. The highest BCUT2D eigenvalue weighted by atomic mass is 16.5. The molecule has 0 aliphatic carbocycles. The third-order valence-corrected chi connectivity index (χ3v) is 3.16. The summed E-state index contributed by atoms with van der Waals surface area (Å²) in [4.78, 5) is 0. The molecule has 0 bridgehead atoms. The van der Waals surface area contributed by atoms with Crippen molar-refractivity contribution in [2.75, 3.05) is 26.4 Å². The van der Waals surface area contributed by atoms with Gasteiger partial charge in [-0.25, -0.2) is 0 Å². The highest BCUT2D eigenvalue weighted by Gasteiger charge is 2.34. The van der Waals surface area contributed by atoms with Gasteiger partial charge in [0.25, 0.3) is 0 Å². The molecular formula is C13H18O3. The minimum atomic E-state index is -0.0746. The van der Waals surface area contributed by atoms with E-state index in [4.69, 9.17) is 9.47 Å². The zero-order valence-corrected chi connectivity index (χ0v) is 9.39. The Morgan fingerprint density at radius 1 is 1.31 bits per heavy atom. The van der Waals surface area contributed by atoms with Crippen LogP contribution in [0.25, 0.3) is 0 Å². The summed E-state index contributed by atoms with van der Waals surface area (Å²) in [6.07, 6.45) is 1.78. The molecule has 0 radical (unpaired) electrons. The SMILES string of the molecule is OCC1(CCOc2ccccc2)CCOC1. The molecule has 0 saturated carbocycles. The van der Waals surface area contributed by atoms with Gasteiger partial charge in [-0.1, -0.05) is 18.2 Å². The first-order valence-electron chi connectivity index (χ1n) is 5.71. The van der Waals surface area contributed by atoms with E-state index in [9.17, 15) is 5.11 Å². The molecule has 1 saturated heterocycles. The molecule has 16 heavy (non-hydrogen) atoms. The second-order valence-corrected chi connectivity index (χ2v) is 4.37. The highest BCUT2D eigenvalue weighted by molar-refractivity contribution is 5.20. The molecule has 1 aromatic carbocycles. The van der Waals surface area contributed by atoms with Crippen LogP contribution in [-0.4, -0.2) is 31.5 Å². The van der Waals surface area contributed by atoms with Crippen molar-refractivity contribution < 1.29 is 14.6 Å². The number of hydrogen-bond acceptors (Lipinski definition) is 3. The maximum atomic E-state index is 9.38. The molecule has 2 rings (SSSR count). The van der Waals surface area contributed by atoms with Gasteiger partial charge < -0.3 is 14.6 Å². The van der Waals surface area contributed by atoms with Crippen LogP contribution in [0.2, 0.25) is 0 Å². The fraction of sp³-hybridized carbons (Fsp3) is 0.538. The van der Waals surface area contributed by atoms with Crippen LogP contribution in [0.15, 0.2) is 30.3 Å². The van der Waals surface area contributed by atoms with E-state index in [1.165, 1.54) is 0 Å². The van der Waals surface area contributed by atoms with Crippen molar-refractivity contribution >= 4 is 0 Å². The predicted molar refractivity (Wildman–Crippen MR) is 61.5 cm³/mol. The minimum absolute atomic E-state index is 0.0746. The monoisotopic (exact) mass is 222 g/mol. The van der Waals surface area contributed by atoms with Gasteiger partial charge in [-0.3, -0.25) is 0 Å². The Morgan fingerprint density at radius 3 is 2.75 bits per heavy atom. The molecule has 1 aliphatic rings. The number of aliphatic hydroxyl groups is 1. The van der Waals surface area contributed by atoms with E-state index < -0.39 is 0 Å². The van der Waals surface area contributed by atoms with Gasteiger partial charge in [0.1, 0.15) is 5.75 Å². The molecule has 3 heteroatoms. The quantitative estimate of drug-likeness (QED) is 0.826. The Bertz CT molecular complexity index is 304. The second kappa shape index (κ2) is 5.32. The summed E-state index contributed by atoms with van der Waals surface area (Å²) in [6.45, 7) is 2.23. The Kier molecular flexibility index (Phi) is 3.80. The van der Waals surface area contributed by atoms with Crippen molar-refractivity contribution in [3.05, 3.63) is 30.3 Å².